The summed E-state index contributed by atoms with van der Waals surface area (Å²) in [6.07, 6.45) is 7.65. The minimum absolute atomic E-state index is 0.216. The van der Waals surface area contributed by atoms with Crippen LogP contribution in [0.1, 0.15) is 58.8 Å². The number of unbranched alkanes of at least 4 members (excludes halogenated alkanes) is 1. The fourth-order valence-corrected chi connectivity index (χ4v) is 2.57. The van der Waals surface area contributed by atoms with Crippen molar-refractivity contribution in [2.24, 2.45) is 4.99 Å². The first-order chi connectivity index (χ1) is 10.3. The summed E-state index contributed by atoms with van der Waals surface area (Å²) in [5.41, 5.74) is 4.05. The van der Waals surface area contributed by atoms with Gasteiger partial charge in [0.05, 0.1) is 0 Å². The largest absolute Gasteiger partial charge is 0.396 e. The van der Waals surface area contributed by atoms with E-state index in [1.807, 2.05) is 0 Å². The summed E-state index contributed by atoms with van der Waals surface area (Å²) >= 11 is 0. The second kappa shape index (κ2) is 11.8. The molecule has 0 radical (unpaired) electrons. The lowest BCUT2D eigenvalue weighted by molar-refractivity contribution is 0.113. The van der Waals surface area contributed by atoms with Gasteiger partial charge >= 0.3 is 0 Å². The Kier molecular flexibility index (Phi) is 10.2. The highest BCUT2D eigenvalue weighted by molar-refractivity contribution is 6.00. The Morgan fingerprint density at radius 3 is 2.67 bits per heavy atom. The van der Waals surface area contributed by atoms with Gasteiger partial charge in [0.15, 0.2) is 0 Å². The Balaban J connectivity index is 2.31. The average molecular weight is 296 g/mol. The molecule has 2 N–H and O–H groups in total. The molecule has 0 spiro atoms. The first-order valence-electron chi connectivity index (χ1n) is 8.45. The van der Waals surface area contributed by atoms with Crippen molar-refractivity contribution in [1.82, 2.24) is 5.32 Å². The number of hydrogen-bond acceptors (Lipinski definition) is 4. The minimum Gasteiger partial charge on any atom is -0.396 e. The summed E-state index contributed by atoms with van der Waals surface area (Å²) in [6.45, 7) is 7.91. The van der Waals surface area contributed by atoms with Crippen molar-refractivity contribution >= 4 is 5.71 Å². The van der Waals surface area contributed by atoms with Crippen LogP contribution in [0.25, 0.3) is 0 Å². The molecule has 0 amide bonds. The molecule has 122 valence electrons. The third-order valence-corrected chi connectivity index (χ3v) is 3.81. The average Bonchev–Trinajstić information content (AvgIpc) is 2.66. The molecule has 0 aromatic rings. The maximum atomic E-state index is 8.65. The maximum Gasteiger partial charge on any atom is 0.0487 e. The maximum absolute atomic E-state index is 8.65. The number of aliphatic hydroxyl groups is 1. The minimum atomic E-state index is 0.216. The molecule has 0 aromatic carbocycles. The van der Waals surface area contributed by atoms with Gasteiger partial charge in [0.25, 0.3) is 0 Å². The molecule has 4 heteroatoms. The number of nitrogens with zero attached hydrogens (tertiary/aromatic N) is 1. The van der Waals surface area contributed by atoms with Gasteiger partial charge in [-0.15, -0.1) is 0 Å². The van der Waals surface area contributed by atoms with Crippen LogP contribution in [0, 0.1) is 0 Å². The summed E-state index contributed by atoms with van der Waals surface area (Å²) < 4.78 is 5.43. The van der Waals surface area contributed by atoms with E-state index in [1.165, 1.54) is 29.8 Å². The standard InChI is InChI=1S/C17H32N2O2/c1-3-18-16-9-4-5-10-17(15(16)2)19-11-6-7-13-21-14-8-12-20/h18,20H,3-14H2,1-2H3/b19-17+. The van der Waals surface area contributed by atoms with Crippen LogP contribution < -0.4 is 5.32 Å². The van der Waals surface area contributed by atoms with Crippen molar-refractivity contribution in [3.05, 3.63) is 11.3 Å². The third kappa shape index (κ3) is 7.63. The summed E-state index contributed by atoms with van der Waals surface area (Å²) in [5.74, 6) is 0. The van der Waals surface area contributed by atoms with E-state index in [-0.39, 0.29) is 6.61 Å². The highest BCUT2D eigenvalue weighted by Gasteiger charge is 2.12. The van der Waals surface area contributed by atoms with Crippen LogP contribution in [-0.2, 0) is 4.74 Å². The SMILES string of the molecule is CCNC1=C(C)/C(=N/CCCCOCCCO)CCCC1. The van der Waals surface area contributed by atoms with Crippen molar-refractivity contribution in [3.8, 4) is 0 Å². The van der Waals surface area contributed by atoms with Gasteiger partial charge in [-0.25, -0.2) is 0 Å². The quantitative estimate of drug-likeness (QED) is 0.609. The van der Waals surface area contributed by atoms with Gasteiger partial charge in [0, 0.05) is 44.3 Å². The Morgan fingerprint density at radius 2 is 1.90 bits per heavy atom. The van der Waals surface area contributed by atoms with Crippen LogP contribution in [0.4, 0.5) is 0 Å². The summed E-state index contributed by atoms with van der Waals surface area (Å²) in [7, 11) is 0. The van der Waals surface area contributed by atoms with Crippen LogP contribution in [-0.4, -0.2) is 43.7 Å². The predicted octanol–water partition coefficient (Wildman–Crippen LogP) is 3.06. The first-order valence-corrected chi connectivity index (χ1v) is 8.45. The predicted molar refractivity (Wildman–Crippen MR) is 88.9 cm³/mol. The zero-order valence-electron chi connectivity index (χ0n) is 13.8. The second-order valence-electron chi connectivity index (χ2n) is 5.57. The highest BCUT2D eigenvalue weighted by Crippen LogP contribution is 2.20. The number of rotatable bonds is 10. The van der Waals surface area contributed by atoms with Crippen molar-refractivity contribution in [3.63, 3.8) is 0 Å². The summed E-state index contributed by atoms with van der Waals surface area (Å²) in [4.78, 5) is 4.81. The van der Waals surface area contributed by atoms with E-state index in [9.17, 15) is 0 Å². The molecule has 0 unspecified atom stereocenters. The van der Waals surface area contributed by atoms with Crippen LogP contribution in [0.3, 0.4) is 0 Å². The van der Waals surface area contributed by atoms with Crippen molar-refractivity contribution in [1.29, 1.82) is 0 Å². The van der Waals surface area contributed by atoms with Gasteiger partial charge in [0.1, 0.15) is 0 Å². The van der Waals surface area contributed by atoms with E-state index >= 15 is 0 Å². The monoisotopic (exact) mass is 296 g/mol. The molecule has 0 aromatic heterocycles. The van der Waals surface area contributed by atoms with Crippen LogP contribution in [0.5, 0.6) is 0 Å². The lowest BCUT2D eigenvalue weighted by Crippen LogP contribution is -2.16. The molecule has 1 aliphatic carbocycles. The molecule has 1 aliphatic rings. The number of nitrogens with one attached hydrogen (secondary N) is 1. The summed E-state index contributed by atoms with van der Waals surface area (Å²) in [5, 5.41) is 12.1. The van der Waals surface area contributed by atoms with E-state index in [0.29, 0.717) is 6.61 Å². The normalized spacial score (nSPS) is 18.1. The zero-order chi connectivity index (χ0) is 15.3. The lowest BCUT2D eigenvalue weighted by atomic mass is 10.1. The highest BCUT2D eigenvalue weighted by atomic mass is 16.5. The van der Waals surface area contributed by atoms with Crippen LogP contribution in [0.15, 0.2) is 16.3 Å². The van der Waals surface area contributed by atoms with Gasteiger partial charge in [-0.05, 0) is 64.4 Å². The fourth-order valence-electron chi connectivity index (χ4n) is 2.57. The van der Waals surface area contributed by atoms with Gasteiger partial charge in [-0.3, -0.25) is 4.99 Å². The molecule has 0 saturated carbocycles. The van der Waals surface area contributed by atoms with Gasteiger partial charge < -0.3 is 15.2 Å². The topological polar surface area (TPSA) is 53.9 Å². The molecule has 1 rings (SSSR count). The zero-order valence-corrected chi connectivity index (χ0v) is 13.8. The number of aliphatic hydroxyl groups excluding tert-OH is 1. The Morgan fingerprint density at radius 1 is 1.14 bits per heavy atom. The van der Waals surface area contributed by atoms with E-state index in [4.69, 9.17) is 14.8 Å². The van der Waals surface area contributed by atoms with Crippen LogP contribution in [0.2, 0.25) is 0 Å². The molecule has 0 aliphatic heterocycles. The molecular weight excluding hydrogens is 264 g/mol. The van der Waals surface area contributed by atoms with Gasteiger partial charge in [-0.1, -0.05) is 0 Å². The molecule has 4 nitrogen and oxygen atoms in total. The number of ether oxygens (including phenoxy) is 1. The van der Waals surface area contributed by atoms with Gasteiger partial charge in [-0.2, -0.15) is 0 Å². The number of allylic oxidation sites excluding steroid dienone is 2. The summed E-state index contributed by atoms with van der Waals surface area (Å²) in [6, 6.07) is 0. The van der Waals surface area contributed by atoms with Crippen molar-refractivity contribution in [2.75, 3.05) is 32.9 Å². The third-order valence-electron chi connectivity index (χ3n) is 3.81. The van der Waals surface area contributed by atoms with Crippen molar-refractivity contribution in [2.45, 2.75) is 58.8 Å². The Labute approximate surface area is 129 Å². The van der Waals surface area contributed by atoms with Crippen LogP contribution >= 0.6 is 0 Å². The first kappa shape index (κ1) is 18.2. The molecule has 0 heterocycles. The molecule has 21 heavy (non-hydrogen) atoms. The fraction of sp³-hybridized carbons (Fsp3) is 0.824. The van der Waals surface area contributed by atoms with Crippen molar-refractivity contribution < 1.29 is 9.84 Å². The van der Waals surface area contributed by atoms with E-state index in [2.05, 4.69) is 19.2 Å². The Bertz CT molecular complexity index is 338. The number of hydrogen-bond donors (Lipinski definition) is 2. The lowest BCUT2D eigenvalue weighted by Gasteiger charge is -2.11. The molecule has 0 bridgehead atoms. The van der Waals surface area contributed by atoms with E-state index < -0.39 is 0 Å². The van der Waals surface area contributed by atoms with E-state index in [1.54, 1.807) is 0 Å². The van der Waals surface area contributed by atoms with Gasteiger partial charge in [0.2, 0.25) is 0 Å². The second-order valence-corrected chi connectivity index (χ2v) is 5.57. The number of aliphatic imine (C=N–C) groups is 1. The molecule has 0 atom stereocenters. The Hall–Kier alpha value is -0.870. The molecule has 0 fully saturated rings. The molecular formula is C17H32N2O2. The molecule has 0 saturated heterocycles. The van der Waals surface area contributed by atoms with E-state index in [0.717, 1.165) is 51.8 Å². The smallest absolute Gasteiger partial charge is 0.0487 e.